The Morgan fingerprint density at radius 1 is 1.24 bits per heavy atom. The van der Waals surface area contributed by atoms with Gasteiger partial charge in [0.1, 0.15) is 0 Å². The highest BCUT2D eigenvalue weighted by Crippen LogP contribution is 2.26. The van der Waals surface area contributed by atoms with Crippen molar-refractivity contribution in [3.63, 3.8) is 0 Å². The van der Waals surface area contributed by atoms with Gasteiger partial charge in [0.05, 0.1) is 27.6 Å². The first kappa shape index (κ1) is 25.1. The van der Waals surface area contributed by atoms with Gasteiger partial charge in [-0.05, 0) is 56.4 Å². The molecule has 1 aliphatic heterocycles. The maximum absolute atomic E-state index is 13.2. The molecule has 0 N–H and O–H groups in total. The number of benzene rings is 2. The molecule has 1 amide bonds. The summed E-state index contributed by atoms with van der Waals surface area (Å²) in [6.45, 7) is 3.57. The van der Waals surface area contributed by atoms with Gasteiger partial charge < -0.3 is 9.30 Å². The highest BCUT2D eigenvalue weighted by molar-refractivity contribution is 7.98. The summed E-state index contributed by atoms with van der Waals surface area (Å²) in [7, 11) is -2.00. The van der Waals surface area contributed by atoms with Crippen molar-refractivity contribution in [1.82, 2.24) is 8.87 Å². The molecule has 2 heterocycles. The van der Waals surface area contributed by atoms with E-state index in [-0.39, 0.29) is 17.3 Å². The molecule has 10 heteroatoms. The minimum atomic E-state index is -3.65. The third-order valence-electron chi connectivity index (χ3n) is 6.01. The lowest BCUT2D eigenvalue weighted by molar-refractivity contribution is -0.122. The predicted molar refractivity (Wildman–Crippen MR) is 137 cm³/mol. The summed E-state index contributed by atoms with van der Waals surface area (Å²) in [5, 5.41) is 0. The van der Waals surface area contributed by atoms with Gasteiger partial charge in [0.15, 0.2) is 4.80 Å². The van der Waals surface area contributed by atoms with Crippen LogP contribution in [0, 0.1) is 12.8 Å². The molecule has 0 aliphatic carbocycles. The number of carbonyl (C=O) groups is 1. The molecule has 1 aliphatic rings. The van der Waals surface area contributed by atoms with Crippen LogP contribution in [0.4, 0.5) is 0 Å². The summed E-state index contributed by atoms with van der Waals surface area (Å²) in [4.78, 5) is 19.7. The fraction of sp³-hybridized carbons (Fsp3) is 0.417. The van der Waals surface area contributed by atoms with Crippen LogP contribution < -0.4 is 4.80 Å². The Morgan fingerprint density at radius 3 is 2.71 bits per heavy atom. The second kappa shape index (κ2) is 10.7. The van der Waals surface area contributed by atoms with E-state index in [1.807, 2.05) is 23.8 Å². The number of thioether (sulfide) groups is 1. The van der Waals surface area contributed by atoms with Crippen molar-refractivity contribution in [2.75, 3.05) is 33.1 Å². The number of fused-ring (bicyclic) bond motifs is 1. The summed E-state index contributed by atoms with van der Waals surface area (Å²) >= 11 is 3.14. The maximum atomic E-state index is 13.2. The molecule has 1 saturated heterocycles. The number of ether oxygens (including phenoxy) is 1. The summed E-state index contributed by atoms with van der Waals surface area (Å²) < 4.78 is 36.0. The number of carbonyl (C=O) groups excluding carboxylic acids is 1. The van der Waals surface area contributed by atoms with Gasteiger partial charge in [-0.3, -0.25) is 4.79 Å². The second-order valence-electron chi connectivity index (χ2n) is 8.33. The van der Waals surface area contributed by atoms with Gasteiger partial charge in [0.25, 0.3) is 5.91 Å². The lowest BCUT2D eigenvalue weighted by atomic mass is 9.99. The number of hydrogen-bond donors (Lipinski definition) is 0. The van der Waals surface area contributed by atoms with Crippen LogP contribution in [0.25, 0.3) is 10.2 Å². The Kier molecular flexibility index (Phi) is 7.94. The third kappa shape index (κ3) is 5.31. The molecule has 2 aromatic carbocycles. The molecule has 0 bridgehead atoms. The van der Waals surface area contributed by atoms with Gasteiger partial charge in [-0.2, -0.15) is 9.30 Å². The molecule has 0 saturated carbocycles. The zero-order valence-corrected chi connectivity index (χ0v) is 22.0. The van der Waals surface area contributed by atoms with E-state index in [9.17, 15) is 13.2 Å². The first-order valence-corrected chi connectivity index (χ1v) is 14.6. The number of hydrogen-bond acceptors (Lipinski definition) is 6. The summed E-state index contributed by atoms with van der Waals surface area (Å²) in [6.07, 6.45) is 3.29. The monoisotopic (exact) mass is 519 g/mol. The van der Waals surface area contributed by atoms with Crippen LogP contribution in [0.15, 0.2) is 57.2 Å². The molecule has 1 fully saturated rings. The molecule has 1 atom stereocenters. The largest absolute Gasteiger partial charge is 0.383 e. The molecule has 182 valence electrons. The van der Waals surface area contributed by atoms with Gasteiger partial charge in [0.2, 0.25) is 10.0 Å². The highest BCUT2D eigenvalue weighted by Gasteiger charge is 2.33. The lowest BCUT2D eigenvalue weighted by Gasteiger charge is -2.30. The molecular weight excluding hydrogens is 490 g/mol. The van der Waals surface area contributed by atoms with Crippen LogP contribution in [0.3, 0.4) is 0 Å². The van der Waals surface area contributed by atoms with Gasteiger partial charge in [0, 0.05) is 31.6 Å². The van der Waals surface area contributed by atoms with Crippen molar-refractivity contribution in [2.45, 2.75) is 36.1 Å². The topological polar surface area (TPSA) is 81.0 Å². The van der Waals surface area contributed by atoms with Crippen molar-refractivity contribution in [2.24, 2.45) is 10.9 Å². The Labute approximate surface area is 208 Å². The van der Waals surface area contributed by atoms with Crippen LogP contribution in [-0.4, -0.2) is 56.3 Å². The number of amides is 1. The third-order valence-corrected chi connectivity index (χ3v) is 9.65. The number of piperidine rings is 1. The van der Waals surface area contributed by atoms with Crippen LogP contribution in [-0.2, 0) is 26.1 Å². The molecule has 7 nitrogen and oxygen atoms in total. The van der Waals surface area contributed by atoms with E-state index < -0.39 is 15.9 Å². The second-order valence-corrected chi connectivity index (χ2v) is 12.2. The first-order valence-electron chi connectivity index (χ1n) is 11.1. The highest BCUT2D eigenvalue weighted by atomic mass is 32.2. The maximum Gasteiger partial charge on any atom is 0.252 e. The van der Waals surface area contributed by atoms with Crippen LogP contribution >= 0.6 is 23.1 Å². The summed E-state index contributed by atoms with van der Waals surface area (Å²) in [5.41, 5.74) is 2.01. The Bertz CT molecular complexity index is 1340. The fourth-order valence-corrected chi connectivity index (χ4v) is 7.21. The SMILES string of the molecule is COCCn1c(=NC(=O)C2CCCN(S(=O)(=O)c3ccc(C)cc3)C2)sc2cc(SC)ccc21. The molecule has 1 unspecified atom stereocenters. The van der Waals surface area contributed by atoms with Crippen molar-refractivity contribution in [3.8, 4) is 0 Å². The van der Waals surface area contributed by atoms with E-state index in [1.165, 1.54) is 15.6 Å². The van der Waals surface area contributed by atoms with Gasteiger partial charge >= 0.3 is 0 Å². The van der Waals surface area contributed by atoms with E-state index in [0.29, 0.717) is 37.3 Å². The molecule has 0 radical (unpaired) electrons. The number of thiazole rings is 1. The predicted octanol–water partition coefficient (Wildman–Crippen LogP) is 3.91. The van der Waals surface area contributed by atoms with Gasteiger partial charge in [-0.25, -0.2) is 8.42 Å². The average molecular weight is 520 g/mol. The molecular formula is C24H29N3O4S3. The van der Waals surface area contributed by atoms with Gasteiger partial charge in [-0.1, -0.05) is 29.0 Å². The smallest absolute Gasteiger partial charge is 0.252 e. The molecule has 0 spiro atoms. The minimum absolute atomic E-state index is 0.151. The van der Waals surface area contributed by atoms with E-state index in [1.54, 1.807) is 43.1 Å². The molecule has 34 heavy (non-hydrogen) atoms. The lowest BCUT2D eigenvalue weighted by Crippen LogP contribution is -2.42. The average Bonchev–Trinajstić information content (AvgIpc) is 3.18. The van der Waals surface area contributed by atoms with Crippen molar-refractivity contribution >= 4 is 49.2 Å². The molecule has 3 aromatic rings. The first-order chi connectivity index (χ1) is 16.3. The van der Waals surface area contributed by atoms with E-state index in [0.717, 1.165) is 20.7 Å². The number of methoxy groups -OCH3 is 1. The number of nitrogens with zero attached hydrogens (tertiary/aromatic N) is 3. The Balaban J connectivity index is 1.62. The normalized spacial score (nSPS) is 18.0. The quantitative estimate of drug-likeness (QED) is 0.442. The van der Waals surface area contributed by atoms with E-state index in [4.69, 9.17) is 4.74 Å². The zero-order chi connectivity index (χ0) is 24.3. The number of aromatic nitrogens is 1. The Morgan fingerprint density at radius 2 is 2.00 bits per heavy atom. The fourth-order valence-electron chi connectivity index (χ4n) is 4.07. The van der Waals surface area contributed by atoms with E-state index >= 15 is 0 Å². The number of sulfonamides is 1. The van der Waals surface area contributed by atoms with Crippen molar-refractivity contribution < 1.29 is 17.9 Å². The van der Waals surface area contributed by atoms with Crippen LogP contribution in [0.1, 0.15) is 18.4 Å². The van der Waals surface area contributed by atoms with Crippen LogP contribution in [0.5, 0.6) is 0 Å². The Hall–Kier alpha value is -1.98. The molecule has 4 rings (SSSR count). The van der Waals surface area contributed by atoms with Crippen molar-refractivity contribution in [1.29, 1.82) is 0 Å². The van der Waals surface area contributed by atoms with E-state index in [2.05, 4.69) is 17.1 Å². The molecule has 1 aromatic heterocycles. The standard InChI is InChI=1S/C24H29N3O4S3/c1-17-6-9-20(10-7-17)34(29,30)26-12-4-5-18(16-26)23(28)25-24-27(13-14-31-2)21-11-8-19(32-3)15-22(21)33-24/h6-11,15,18H,4-5,12-14,16H2,1-3H3. The summed E-state index contributed by atoms with van der Waals surface area (Å²) in [6, 6.07) is 13.0. The summed E-state index contributed by atoms with van der Waals surface area (Å²) in [5.74, 6) is -0.733. The van der Waals surface area contributed by atoms with Gasteiger partial charge in [-0.15, -0.1) is 11.8 Å². The number of aryl methyl sites for hydroxylation is 1. The zero-order valence-electron chi connectivity index (χ0n) is 19.6. The number of rotatable bonds is 7. The van der Waals surface area contributed by atoms with Crippen molar-refractivity contribution in [3.05, 3.63) is 52.8 Å². The minimum Gasteiger partial charge on any atom is -0.383 e. The van der Waals surface area contributed by atoms with Crippen LogP contribution in [0.2, 0.25) is 0 Å².